The van der Waals surface area contributed by atoms with Crippen LogP contribution in [0.4, 0.5) is 5.82 Å². The number of hydrogen-bond acceptors (Lipinski definition) is 3. The topological polar surface area (TPSA) is 62.2 Å². The maximum Gasteiger partial charge on any atom is 0.258 e. The van der Waals surface area contributed by atoms with E-state index in [2.05, 4.69) is 22.1 Å². The summed E-state index contributed by atoms with van der Waals surface area (Å²) < 4.78 is 0. The number of anilines is 1. The van der Waals surface area contributed by atoms with Gasteiger partial charge in [0.15, 0.2) is 0 Å². The van der Waals surface area contributed by atoms with Gasteiger partial charge in [0.05, 0.1) is 10.6 Å². The first-order valence-electron chi connectivity index (χ1n) is 7.86. The fourth-order valence-corrected chi connectivity index (χ4v) is 2.51. The number of phenols is 1. The second kappa shape index (κ2) is 7.73. The van der Waals surface area contributed by atoms with Gasteiger partial charge in [0.2, 0.25) is 0 Å². The molecule has 1 aromatic heterocycles. The van der Waals surface area contributed by atoms with Gasteiger partial charge in [-0.2, -0.15) is 0 Å². The standard InChI is InChI=1S/C21H15ClN2O2/c1-14-11-16(8-7-15-5-3-2-4-6-15)13-23-20(14)24-21(26)18-12-17(25)9-10-19(18)22/h2-6,9-13,25H,1H3,(H,23,24,26). The number of aromatic nitrogens is 1. The van der Waals surface area contributed by atoms with Crippen LogP contribution in [0.3, 0.4) is 0 Å². The Morgan fingerprint density at radius 2 is 1.81 bits per heavy atom. The Labute approximate surface area is 156 Å². The van der Waals surface area contributed by atoms with E-state index in [0.29, 0.717) is 5.82 Å². The van der Waals surface area contributed by atoms with Crippen LogP contribution in [0.25, 0.3) is 0 Å². The lowest BCUT2D eigenvalue weighted by molar-refractivity contribution is 0.102. The Morgan fingerprint density at radius 3 is 2.54 bits per heavy atom. The monoisotopic (exact) mass is 362 g/mol. The third-order valence-electron chi connectivity index (χ3n) is 3.63. The normalized spacial score (nSPS) is 9.92. The van der Waals surface area contributed by atoms with E-state index in [0.717, 1.165) is 16.7 Å². The average Bonchev–Trinajstić information content (AvgIpc) is 2.64. The van der Waals surface area contributed by atoms with Gasteiger partial charge in [-0.3, -0.25) is 4.79 Å². The van der Waals surface area contributed by atoms with Gasteiger partial charge in [0.25, 0.3) is 5.91 Å². The van der Waals surface area contributed by atoms with E-state index in [1.165, 1.54) is 18.2 Å². The third kappa shape index (κ3) is 4.21. The van der Waals surface area contributed by atoms with Crippen molar-refractivity contribution in [3.63, 3.8) is 0 Å². The Balaban J connectivity index is 1.79. The van der Waals surface area contributed by atoms with Gasteiger partial charge in [-0.05, 0) is 48.9 Å². The number of halogens is 1. The van der Waals surface area contributed by atoms with E-state index in [1.807, 2.05) is 43.3 Å². The first-order chi connectivity index (χ1) is 12.5. The number of rotatable bonds is 2. The van der Waals surface area contributed by atoms with Crippen molar-refractivity contribution in [2.24, 2.45) is 0 Å². The highest BCUT2D eigenvalue weighted by Crippen LogP contribution is 2.22. The SMILES string of the molecule is Cc1cc(C#Cc2ccccc2)cnc1NC(=O)c1cc(O)ccc1Cl. The van der Waals surface area contributed by atoms with E-state index >= 15 is 0 Å². The number of nitrogens with one attached hydrogen (secondary N) is 1. The lowest BCUT2D eigenvalue weighted by atomic mass is 10.1. The van der Waals surface area contributed by atoms with Crippen LogP contribution in [0.5, 0.6) is 5.75 Å². The minimum atomic E-state index is -0.440. The number of pyridine rings is 1. The number of carbonyl (C=O) groups is 1. The predicted molar refractivity (Wildman–Crippen MR) is 102 cm³/mol. The molecule has 26 heavy (non-hydrogen) atoms. The van der Waals surface area contributed by atoms with Gasteiger partial charge in [-0.1, -0.05) is 41.6 Å². The third-order valence-corrected chi connectivity index (χ3v) is 3.96. The van der Waals surface area contributed by atoms with E-state index in [4.69, 9.17) is 11.6 Å². The Kier molecular flexibility index (Phi) is 5.21. The van der Waals surface area contributed by atoms with Crippen molar-refractivity contribution in [3.05, 3.63) is 88.1 Å². The molecule has 1 heterocycles. The first-order valence-corrected chi connectivity index (χ1v) is 8.24. The molecule has 128 valence electrons. The minimum Gasteiger partial charge on any atom is -0.508 e. The molecule has 3 rings (SSSR count). The van der Waals surface area contributed by atoms with Crippen molar-refractivity contribution >= 4 is 23.3 Å². The Bertz CT molecular complexity index is 1020. The van der Waals surface area contributed by atoms with Crippen molar-refractivity contribution in [2.75, 3.05) is 5.32 Å². The van der Waals surface area contributed by atoms with Crippen molar-refractivity contribution in [3.8, 4) is 17.6 Å². The van der Waals surface area contributed by atoms with Crippen LogP contribution in [0.15, 0.2) is 60.8 Å². The summed E-state index contributed by atoms with van der Waals surface area (Å²) in [6.07, 6.45) is 1.60. The fourth-order valence-electron chi connectivity index (χ4n) is 2.30. The molecule has 2 N–H and O–H groups in total. The molecular formula is C21H15ClN2O2. The summed E-state index contributed by atoms with van der Waals surface area (Å²) in [6.45, 7) is 1.83. The number of aromatic hydroxyl groups is 1. The summed E-state index contributed by atoms with van der Waals surface area (Å²) in [5.74, 6) is 6.06. The molecule has 5 heteroatoms. The average molecular weight is 363 g/mol. The van der Waals surface area contributed by atoms with Gasteiger partial charge in [0.1, 0.15) is 11.6 Å². The van der Waals surface area contributed by atoms with Crippen LogP contribution in [0.2, 0.25) is 5.02 Å². The van der Waals surface area contributed by atoms with Crippen molar-refractivity contribution in [1.82, 2.24) is 4.98 Å². The number of amides is 1. The maximum absolute atomic E-state index is 12.4. The molecule has 2 aromatic carbocycles. The number of benzene rings is 2. The van der Waals surface area contributed by atoms with Gasteiger partial charge in [-0.25, -0.2) is 4.98 Å². The van der Waals surface area contributed by atoms with E-state index < -0.39 is 5.91 Å². The Hall–Kier alpha value is -3.29. The highest BCUT2D eigenvalue weighted by molar-refractivity contribution is 6.34. The van der Waals surface area contributed by atoms with Gasteiger partial charge in [0, 0.05) is 17.3 Å². The first kappa shape index (κ1) is 17.5. The second-order valence-electron chi connectivity index (χ2n) is 5.62. The number of nitrogens with zero attached hydrogens (tertiary/aromatic N) is 1. The molecule has 0 aliphatic carbocycles. The molecule has 0 aliphatic heterocycles. The van der Waals surface area contributed by atoms with Crippen LogP contribution in [0.1, 0.15) is 27.0 Å². The molecule has 0 unspecified atom stereocenters. The van der Waals surface area contributed by atoms with E-state index in [1.54, 1.807) is 6.20 Å². The van der Waals surface area contributed by atoms with Crippen molar-refractivity contribution < 1.29 is 9.90 Å². The molecule has 0 fully saturated rings. The van der Waals surface area contributed by atoms with Gasteiger partial charge in [-0.15, -0.1) is 0 Å². The smallest absolute Gasteiger partial charge is 0.258 e. The summed E-state index contributed by atoms with van der Waals surface area (Å²) in [7, 11) is 0. The molecule has 0 radical (unpaired) electrons. The maximum atomic E-state index is 12.4. The molecule has 0 saturated carbocycles. The molecule has 0 aliphatic rings. The molecule has 0 bridgehead atoms. The van der Waals surface area contributed by atoms with Crippen molar-refractivity contribution in [2.45, 2.75) is 6.92 Å². The van der Waals surface area contributed by atoms with Crippen LogP contribution >= 0.6 is 11.6 Å². The fraction of sp³-hybridized carbons (Fsp3) is 0.0476. The van der Waals surface area contributed by atoms with Gasteiger partial charge < -0.3 is 10.4 Å². The van der Waals surface area contributed by atoms with Crippen LogP contribution < -0.4 is 5.32 Å². The second-order valence-corrected chi connectivity index (χ2v) is 6.03. The predicted octanol–water partition coefficient (Wildman–Crippen LogP) is 4.40. The summed E-state index contributed by atoms with van der Waals surface area (Å²) in [6, 6.07) is 15.7. The lowest BCUT2D eigenvalue weighted by Gasteiger charge is -2.09. The lowest BCUT2D eigenvalue weighted by Crippen LogP contribution is -2.14. The van der Waals surface area contributed by atoms with Crippen molar-refractivity contribution in [1.29, 1.82) is 0 Å². The summed E-state index contributed by atoms with van der Waals surface area (Å²) >= 11 is 6.01. The molecule has 0 saturated heterocycles. The quantitative estimate of drug-likeness (QED) is 0.664. The number of carbonyl (C=O) groups excluding carboxylic acids is 1. The molecule has 1 amide bonds. The summed E-state index contributed by atoms with van der Waals surface area (Å²) in [5.41, 5.74) is 2.62. The molecular weight excluding hydrogens is 348 g/mol. The summed E-state index contributed by atoms with van der Waals surface area (Å²) in [5, 5.41) is 12.5. The highest BCUT2D eigenvalue weighted by atomic mass is 35.5. The minimum absolute atomic E-state index is 0.0317. The zero-order valence-electron chi connectivity index (χ0n) is 14.0. The van der Waals surface area contributed by atoms with Crippen LogP contribution in [-0.4, -0.2) is 16.0 Å². The van der Waals surface area contributed by atoms with Crippen LogP contribution in [0, 0.1) is 18.8 Å². The molecule has 3 aromatic rings. The molecule has 4 nitrogen and oxygen atoms in total. The van der Waals surface area contributed by atoms with Gasteiger partial charge >= 0.3 is 0 Å². The van der Waals surface area contributed by atoms with E-state index in [9.17, 15) is 9.90 Å². The number of phenolic OH excluding ortho intramolecular Hbond substituents is 1. The molecule has 0 spiro atoms. The Morgan fingerprint density at radius 1 is 1.08 bits per heavy atom. The zero-order valence-corrected chi connectivity index (χ0v) is 14.7. The van der Waals surface area contributed by atoms with Crippen LogP contribution in [-0.2, 0) is 0 Å². The largest absolute Gasteiger partial charge is 0.508 e. The highest BCUT2D eigenvalue weighted by Gasteiger charge is 2.13. The van der Waals surface area contributed by atoms with E-state index in [-0.39, 0.29) is 16.3 Å². The zero-order chi connectivity index (χ0) is 18.5. The molecule has 0 atom stereocenters. The summed E-state index contributed by atoms with van der Waals surface area (Å²) in [4.78, 5) is 16.6. The number of hydrogen-bond donors (Lipinski definition) is 2. The number of aryl methyl sites for hydroxylation is 1.